The van der Waals surface area contributed by atoms with E-state index in [0.717, 1.165) is 24.1 Å². The number of thiocarbonyl (C=S) groups is 1. The van der Waals surface area contributed by atoms with Crippen LogP contribution in [0.1, 0.15) is 38.9 Å². The second kappa shape index (κ2) is 6.90. The van der Waals surface area contributed by atoms with E-state index in [2.05, 4.69) is 12.2 Å². The zero-order chi connectivity index (χ0) is 17.4. The average Bonchev–Trinajstić information content (AvgIpc) is 3.05. The predicted octanol–water partition coefficient (Wildman–Crippen LogP) is 3.43. The summed E-state index contributed by atoms with van der Waals surface area (Å²) in [5.41, 5.74) is 2.64. The molecular formula is C17H22N2O3S2. The van der Waals surface area contributed by atoms with Gasteiger partial charge in [-0.15, -0.1) is 0 Å². The fourth-order valence-corrected chi connectivity index (χ4v) is 3.61. The van der Waals surface area contributed by atoms with Gasteiger partial charge >= 0.3 is 0 Å². The number of hydrogen-bond acceptors (Lipinski definition) is 5. The van der Waals surface area contributed by atoms with Gasteiger partial charge in [0.2, 0.25) is 10.3 Å². The van der Waals surface area contributed by atoms with E-state index in [1.807, 2.05) is 31.7 Å². The maximum Gasteiger partial charge on any atom is 0.276 e. The van der Waals surface area contributed by atoms with Gasteiger partial charge in [-0.25, -0.2) is 4.68 Å². The third kappa shape index (κ3) is 3.12. The molecule has 3 rings (SSSR count). The number of aromatic nitrogens is 2. The third-order valence-corrected chi connectivity index (χ3v) is 5.29. The summed E-state index contributed by atoms with van der Waals surface area (Å²) >= 11 is 6.58. The number of fused-ring (bicyclic) bond motifs is 1. The number of hydrogen-bond donors (Lipinski definition) is 0. The average molecular weight is 367 g/mol. The van der Waals surface area contributed by atoms with E-state index in [4.69, 9.17) is 21.7 Å². The second-order valence-corrected chi connectivity index (χ2v) is 7.61. The topological polar surface area (TPSA) is 45.4 Å². The first-order valence-electron chi connectivity index (χ1n) is 8.03. The minimum absolute atomic E-state index is 0.0455. The van der Waals surface area contributed by atoms with Crippen molar-refractivity contribution in [3.63, 3.8) is 0 Å². The first-order chi connectivity index (χ1) is 11.4. The molecule has 7 heteroatoms. The van der Waals surface area contributed by atoms with Crippen molar-refractivity contribution in [1.29, 1.82) is 0 Å². The molecule has 1 aromatic rings. The van der Waals surface area contributed by atoms with Crippen LogP contribution in [0.3, 0.4) is 0 Å². The van der Waals surface area contributed by atoms with Crippen LogP contribution in [0.2, 0.25) is 0 Å². The molecule has 2 aliphatic heterocycles. The molecule has 0 fully saturated rings. The Hall–Kier alpha value is -1.31. The van der Waals surface area contributed by atoms with Gasteiger partial charge in [0.15, 0.2) is 0 Å². The van der Waals surface area contributed by atoms with Crippen LogP contribution < -0.4 is 10.3 Å². The number of thioether (sulfide) groups is 1. The molecule has 0 N–H and O–H groups in total. The Labute approximate surface area is 151 Å². The highest BCUT2D eigenvalue weighted by atomic mass is 32.2. The Morgan fingerprint density at radius 2 is 2.08 bits per heavy atom. The van der Waals surface area contributed by atoms with Crippen LogP contribution in [0.15, 0.2) is 28.1 Å². The molecular weight excluding hydrogens is 344 g/mol. The van der Waals surface area contributed by atoms with E-state index < -0.39 is 6.10 Å². The monoisotopic (exact) mass is 366 g/mol. The van der Waals surface area contributed by atoms with E-state index in [-0.39, 0.29) is 11.7 Å². The molecule has 0 amide bonds. The van der Waals surface area contributed by atoms with E-state index in [0.29, 0.717) is 22.4 Å². The number of rotatable bonds is 2. The molecule has 130 valence electrons. The highest BCUT2D eigenvalue weighted by Gasteiger charge is 2.33. The van der Waals surface area contributed by atoms with Crippen molar-refractivity contribution < 1.29 is 9.47 Å². The van der Waals surface area contributed by atoms with Crippen LogP contribution >= 0.6 is 24.0 Å². The fraction of sp³-hybridized carbons (Fsp3) is 0.529. The van der Waals surface area contributed by atoms with Gasteiger partial charge in [-0.1, -0.05) is 29.5 Å². The van der Waals surface area contributed by atoms with Crippen molar-refractivity contribution >= 4 is 28.4 Å². The Balaban J connectivity index is 2.12. The number of ether oxygens (including phenoxy) is 2. The smallest absolute Gasteiger partial charge is 0.276 e. The largest absolute Gasteiger partial charge is 0.421 e. The second-order valence-electron chi connectivity index (χ2n) is 6.20. The zero-order valence-electron chi connectivity index (χ0n) is 14.4. The Morgan fingerprint density at radius 1 is 1.38 bits per heavy atom. The molecule has 2 unspecified atom stereocenters. The Bertz CT molecular complexity index is 788. The summed E-state index contributed by atoms with van der Waals surface area (Å²) in [6.45, 7) is 7.47. The van der Waals surface area contributed by atoms with Crippen molar-refractivity contribution in [2.45, 2.75) is 52.5 Å². The summed E-state index contributed by atoms with van der Waals surface area (Å²) in [6.07, 6.45) is 6.41. The summed E-state index contributed by atoms with van der Waals surface area (Å²) in [5, 5.41) is 0. The van der Waals surface area contributed by atoms with Gasteiger partial charge in [0.25, 0.3) is 5.56 Å². The Morgan fingerprint density at radius 3 is 2.79 bits per heavy atom. The maximum absolute atomic E-state index is 13.0. The van der Waals surface area contributed by atoms with Gasteiger partial charge in [0.05, 0.1) is 6.10 Å². The van der Waals surface area contributed by atoms with Crippen molar-refractivity contribution in [2.75, 3.05) is 6.26 Å². The lowest BCUT2D eigenvalue weighted by Crippen LogP contribution is -2.23. The molecule has 0 aromatic carbocycles. The van der Waals surface area contributed by atoms with Crippen molar-refractivity contribution in [3.8, 4) is 5.88 Å². The number of nitrogens with zero attached hydrogens (tertiary/aromatic N) is 2. The summed E-state index contributed by atoms with van der Waals surface area (Å²) in [6, 6.07) is 0. The van der Waals surface area contributed by atoms with E-state index in [1.165, 1.54) is 11.8 Å². The standard InChI is InChI=1S/C17H22N2O3S2/c1-10-8-11(2)14(21-12(3)9-10)13-15(20)18-6-5-7-19(18)16(13)22-17(23)24-4/h8-9,12,14H,5-7H2,1-4H3. The minimum Gasteiger partial charge on any atom is -0.421 e. The third-order valence-electron chi connectivity index (χ3n) is 4.29. The van der Waals surface area contributed by atoms with Crippen molar-refractivity contribution in [2.24, 2.45) is 0 Å². The fourth-order valence-electron chi connectivity index (χ4n) is 3.37. The van der Waals surface area contributed by atoms with Gasteiger partial charge < -0.3 is 9.47 Å². The van der Waals surface area contributed by atoms with Crippen LogP contribution in [0.5, 0.6) is 5.88 Å². The quantitative estimate of drug-likeness (QED) is 0.751. The molecule has 2 aliphatic rings. The first kappa shape index (κ1) is 17.5. The van der Waals surface area contributed by atoms with Crippen molar-refractivity contribution in [3.05, 3.63) is 39.2 Å². The van der Waals surface area contributed by atoms with E-state index in [9.17, 15) is 4.79 Å². The van der Waals surface area contributed by atoms with Crippen LogP contribution in [-0.4, -0.2) is 26.1 Å². The van der Waals surface area contributed by atoms with Gasteiger partial charge in [0.1, 0.15) is 11.7 Å². The zero-order valence-corrected chi connectivity index (χ0v) is 16.0. The van der Waals surface area contributed by atoms with Crippen molar-refractivity contribution in [1.82, 2.24) is 9.36 Å². The van der Waals surface area contributed by atoms with Gasteiger partial charge in [0, 0.05) is 13.1 Å². The molecule has 1 aromatic heterocycles. The van der Waals surface area contributed by atoms with Crippen LogP contribution in [-0.2, 0) is 17.8 Å². The highest BCUT2D eigenvalue weighted by molar-refractivity contribution is 8.22. The summed E-state index contributed by atoms with van der Waals surface area (Å²) in [4.78, 5) is 13.0. The lowest BCUT2D eigenvalue weighted by atomic mass is 10.0. The summed E-state index contributed by atoms with van der Waals surface area (Å²) < 4.78 is 16.1. The molecule has 3 heterocycles. The highest BCUT2D eigenvalue weighted by Crippen LogP contribution is 2.36. The molecule has 0 saturated carbocycles. The SMILES string of the molecule is CSC(=S)Oc1c(C2OC(C)C=C(C)C=C2C)c(=O)n2n1CCC2. The Kier molecular flexibility index (Phi) is 5.03. The lowest BCUT2D eigenvalue weighted by molar-refractivity contribution is 0.0440. The first-order valence-corrected chi connectivity index (χ1v) is 9.67. The lowest BCUT2D eigenvalue weighted by Gasteiger charge is -2.20. The summed E-state index contributed by atoms with van der Waals surface area (Å²) in [5.74, 6) is 0.529. The normalized spacial score (nSPS) is 23.3. The molecule has 0 bridgehead atoms. The van der Waals surface area contributed by atoms with Crippen LogP contribution in [0, 0.1) is 0 Å². The minimum atomic E-state index is -0.425. The van der Waals surface area contributed by atoms with Crippen LogP contribution in [0.4, 0.5) is 0 Å². The predicted molar refractivity (Wildman–Crippen MR) is 101 cm³/mol. The van der Waals surface area contributed by atoms with Gasteiger partial charge in [-0.2, -0.15) is 0 Å². The molecule has 0 radical (unpaired) electrons. The van der Waals surface area contributed by atoms with Gasteiger partial charge in [-0.05, 0) is 51.2 Å². The van der Waals surface area contributed by atoms with E-state index in [1.54, 1.807) is 4.68 Å². The number of allylic oxidation sites excluding steroid dienone is 2. The van der Waals surface area contributed by atoms with Gasteiger partial charge in [-0.3, -0.25) is 9.48 Å². The molecule has 24 heavy (non-hydrogen) atoms. The summed E-state index contributed by atoms with van der Waals surface area (Å²) in [7, 11) is 0. The maximum atomic E-state index is 13.0. The molecule has 0 saturated heterocycles. The molecule has 5 nitrogen and oxygen atoms in total. The van der Waals surface area contributed by atoms with Crippen LogP contribution in [0.25, 0.3) is 0 Å². The van der Waals surface area contributed by atoms with E-state index >= 15 is 0 Å². The molecule has 0 spiro atoms. The molecule has 2 atom stereocenters. The molecule has 0 aliphatic carbocycles.